The number of halogens is 1. The lowest BCUT2D eigenvalue weighted by Gasteiger charge is -1.86. The van der Waals surface area contributed by atoms with Crippen LogP contribution in [0.3, 0.4) is 0 Å². The van der Waals surface area contributed by atoms with E-state index < -0.39 is 10.4 Å². The van der Waals surface area contributed by atoms with Crippen LogP contribution in [0.4, 0.5) is 3.89 Å². The first-order valence-corrected chi connectivity index (χ1v) is 4.86. The molecule has 0 atom stereocenters. The van der Waals surface area contributed by atoms with Crippen molar-refractivity contribution in [2.24, 2.45) is 0 Å². The quantitative estimate of drug-likeness (QED) is 0.540. The largest absolute Gasteiger partial charge is 0.481 e. The molecule has 0 aliphatic carbocycles. The van der Waals surface area contributed by atoms with E-state index in [1.807, 2.05) is 0 Å². The molecule has 0 spiro atoms. The van der Waals surface area contributed by atoms with Gasteiger partial charge in [0, 0.05) is 0 Å². The van der Waals surface area contributed by atoms with Gasteiger partial charge in [-0.3, -0.25) is 0 Å². The van der Waals surface area contributed by atoms with Crippen LogP contribution in [0.25, 0.3) is 11.0 Å². The first-order chi connectivity index (χ1) is 6.09. The average molecular weight is 201 g/mol. The fourth-order valence-electron chi connectivity index (χ4n) is 1.17. The maximum atomic E-state index is 12.6. The zero-order chi connectivity index (χ0) is 9.47. The van der Waals surface area contributed by atoms with Crippen molar-refractivity contribution in [1.82, 2.24) is 4.98 Å². The second-order valence-electron chi connectivity index (χ2n) is 2.53. The van der Waals surface area contributed by atoms with Crippen LogP contribution < -0.4 is 3.97 Å². The van der Waals surface area contributed by atoms with Crippen LogP contribution in [0.2, 0.25) is 0 Å². The van der Waals surface area contributed by atoms with Gasteiger partial charge in [-0.15, -0.1) is 0 Å². The normalized spacial score (nSPS) is 12.1. The van der Waals surface area contributed by atoms with Crippen LogP contribution in [0.15, 0.2) is 30.6 Å². The number of para-hydroxylation sites is 2. The number of H-pyrrole nitrogens is 1. The van der Waals surface area contributed by atoms with Gasteiger partial charge in [-0.25, -0.2) is 4.98 Å². The van der Waals surface area contributed by atoms with Gasteiger partial charge >= 0.3 is 10.4 Å². The lowest BCUT2D eigenvalue weighted by molar-refractivity contribution is -0.486. The summed E-state index contributed by atoms with van der Waals surface area (Å²) in [6, 6.07) is 6.55. The van der Waals surface area contributed by atoms with E-state index >= 15 is 0 Å². The number of hydrogen-bond acceptors (Lipinski definition) is 2. The first-order valence-electron chi connectivity index (χ1n) is 3.52. The summed E-state index contributed by atoms with van der Waals surface area (Å²) in [6.07, 6.45) is 1.07. The summed E-state index contributed by atoms with van der Waals surface area (Å²) in [4.78, 5) is 2.64. The molecule has 0 unspecified atom stereocenters. The molecule has 68 valence electrons. The molecule has 0 aliphatic rings. The van der Waals surface area contributed by atoms with E-state index in [0.717, 1.165) is 6.33 Å². The Morgan fingerprint density at radius 1 is 1.31 bits per heavy atom. The van der Waals surface area contributed by atoms with Crippen molar-refractivity contribution in [3.63, 3.8) is 0 Å². The summed E-state index contributed by atoms with van der Waals surface area (Å²) in [5, 5.41) is 0. The molecule has 4 nitrogen and oxygen atoms in total. The summed E-state index contributed by atoms with van der Waals surface area (Å²) in [7, 11) is -4.70. The van der Waals surface area contributed by atoms with Gasteiger partial charge in [-0.05, 0) is 12.1 Å². The SMILES string of the molecule is O=S(=O)(F)[n+]1c[nH]c2ccccc21. The van der Waals surface area contributed by atoms with Crippen LogP contribution in [-0.2, 0) is 10.4 Å². The highest BCUT2D eigenvalue weighted by atomic mass is 32.3. The first kappa shape index (κ1) is 8.18. The summed E-state index contributed by atoms with van der Waals surface area (Å²) < 4.78 is 34.3. The molecule has 0 bridgehead atoms. The van der Waals surface area contributed by atoms with Crippen molar-refractivity contribution in [2.45, 2.75) is 0 Å². The predicted octanol–water partition coefficient (Wildman–Crippen LogP) is 0.518. The Bertz CT molecular complexity index is 546. The van der Waals surface area contributed by atoms with Crippen LogP contribution in [0, 0.1) is 0 Å². The van der Waals surface area contributed by atoms with Gasteiger partial charge in [-0.2, -0.15) is 8.42 Å². The number of nitrogens with one attached hydrogen (secondary N) is 1. The number of benzene rings is 1. The standard InChI is InChI=1S/C7H5FN2O2S/c8-13(11,12)10-5-9-6-3-1-2-4-7(6)10/h1-5H/p+1. The van der Waals surface area contributed by atoms with Crippen LogP contribution in [-0.4, -0.2) is 13.4 Å². The molecule has 2 rings (SSSR count). The number of imidazole rings is 1. The van der Waals surface area contributed by atoms with E-state index in [-0.39, 0.29) is 0 Å². The third-order valence-electron chi connectivity index (χ3n) is 1.71. The smallest absolute Gasteiger partial charge is 0.242 e. The van der Waals surface area contributed by atoms with Crippen LogP contribution in [0.1, 0.15) is 0 Å². The molecule has 1 N–H and O–H groups in total. The van der Waals surface area contributed by atoms with E-state index in [1.165, 1.54) is 6.07 Å². The lowest BCUT2D eigenvalue weighted by Crippen LogP contribution is -2.37. The molecule has 1 aromatic heterocycles. The van der Waals surface area contributed by atoms with E-state index in [9.17, 15) is 12.3 Å². The van der Waals surface area contributed by atoms with Crippen molar-refractivity contribution in [3.05, 3.63) is 30.6 Å². The van der Waals surface area contributed by atoms with Crippen molar-refractivity contribution < 1.29 is 16.3 Å². The molecule has 0 fully saturated rings. The average Bonchev–Trinajstić information content (AvgIpc) is 2.45. The van der Waals surface area contributed by atoms with E-state index in [2.05, 4.69) is 4.98 Å². The molecule has 0 radical (unpaired) electrons. The Labute approximate surface area is 74.0 Å². The molecule has 6 heteroatoms. The molecule has 0 amide bonds. The molecular weight excluding hydrogens is 195 g/mol. The minimum absolute atomic E-state index is 0.296. The number of rotatable bonds is 1. The number of hydrogen-bond donors (Lipinski definition) is 1. The third kappa shape index (κ3) is 1.29. The maximum absolute atomic E-state index is 12.6. The van der Waals surface area contributed by atoms with Gasteiger partial charge in [0.2, 0.25) is 0 Å². The van der Waals surface area contributed by atoms with E-state index in [4.69, 9.17) is 0 Å². The van der Waals surface area contributed by atoms with Crippen molar-refractivity contribution >= 4 is 21.4 Å². The number of fused-ring (bicyclic) bond motifs is 1. The van der Waals surface area contributed by atoms with E-state index in [0.29, 0.717) is 15.0 Å². The van der Waals surface area contributed by atoms with Crippen molar-refractivity contribution in [3.8, 4) is 0 Å². The fourth-order valence-corrected chi connectivity index (χ4v) is 1.74. The second-order valence-corrected chi connectivity index (χ2v) is 3.75. The highest BCUT2D eigenvalue weighted by Crippen LogP contribution is 2.06. The Morgan fingerprint density at radius 2 is 2.00 bits per heavy atom. The highest BCUT2D eigenvalue weighted by molar-refractivity contribution is 7.79. The predicted molar refractivity (Wildman–Crippen MR) is 43.9 cm³/mol. The zero-order valence-corrected chi connectivity index (χ0v) is 7.25. The monoisotopic (exact) mass is 201 g/mol. The Morgan fingerprint density at radius 3 is 2.69 bits per heavy atom. The van der Waals surface area contributed by atoms with Crippen molar-refractivity contribution in [2.75, 3.05) is 0 Å². The number of aromatic nitrogens is 2. The summed E-state index contributed by atoms with van der Waals surface area (Å²) in [5.74, 6) is 0. The van der Waals surface area contributed by atoms with Crippen molar-refractivity contribution in [1.29, 1.82) is 0 Å². The van der Waals surface area contributed by atoms with Gasteiger partial charge in [0.15, 0.2) is 11.0 Å². The maximum Gasteiger partial charge on any atom is 0.481 e. The van der Waals surface area contributed by atoms with Gasteiger partial charge < -0.3 is 0 Å². The molecule has 0 saturated carbocycles. The summed E-state index contributed by atoms with van der Waals surface area (Å²) >= 11 is 0. The van der Waals surface area contributed by atoms with Gasteiger partial charge in [-0.1, -0.05) is 20.0 Å². The second kappa shape index (κ2) is 2.53. The minimum atomic E-state index is -4.70. The topological polar surface area (TPSA) is 53.8 Å². The third-order valence-corrected chi connectivity index (χ3v) is 2.49. The number of nitrogens with zero attached hydrogens (tertiary/aromatic N) is 1. The Kier molecular flexibility index (Phi) is 1.59. The zero-order valence-electron chi connectivity index (χ0n) is 6.44. The fraction of sp³-hybridized carbons (Fsp3) is 0. The van der Waals surface area contributed by atoms with Crippen LogP contribution >= 0.6 is 0 Å². The summed E-state index contributed by atoms with van der Waals surface area (Å²) in [5.41, 5.74) is 0.869. The Balaban J connectivity index is 2.87. The van der Waals surface area contributed by atoms with Gasteiger partial charge in [0.1, 0.15) is 0 Å². The molecule has 13 heavy (non-hydrogen) atoms. The summed E-state index contributed by atoms with van der Waals surface area (Å²) in [6.45, 7) is 0. The minimum Gasteiger partial charge on any atom is -0.242 e. The van der Waals surface area contributed by atoms with E-state index in [1.54, 1.807) is 18.2 Å². The molecule has 0 saturated heterocycles. The molecule has 1 aromatic carbocycles. The molecular formula is C7H6FN2O2S+. The molecule has 1 heterocycles. The Hall–Kier alpha value is -1.43. The number of aromatic amines is 1. The molecule has 2 aromatic rings. The lowest BCUT2D eigenvalue weighted by atomic mass is 10.3. The molecule has 0 aliphatic heterocycles. The van der Waals surface area contributed by atoms with Gasteiger partial charge in [0.25, 0.3) is 6.33 Å². The van der Waals surface area contributed by atoms with Crippen LogP contribution in [0.5, 0.6) is 0 Å². The highest BCUT2D eigenvalue weighted by Gasteiger charge is 2.21. The van der Waals surface area contributed by atoms with Gasteiger partial charge in [0.05, 0.1) is 0 Å².